The molecule has 118 valence electrons. The fourth-order valence-corrected chi connectivity index (χ4v) is 2.74. The van der Waals surface area contributed by atoms with Gasteiger partial charge in [0.25, 0.3) is 0 Å². The molecule has 1 heterocycles. The molecular formula is C17H17N3O2S. The van der Waals surface area contributed by atoms with Gasteiger partial charge in [-0.05, 0) is 24.5 Å². The van der Waals surface area contributed by atoms with Gasteiger partial charge in [0.15, 0.2) is 5.13 Å². The predicted molar refractivity (Wildman–Crippen MR) is 91.0 cm³/mol. The molecule has 1 aromatic carbocycles. The van der Waals surface area contributed by atoms with E-state index in [1.807, 2.05) is 30.3 Å². The van der Waals surface area contributed by atoms with E-state index in [1.54, 1.807) is 22.6 Å². The number of carbonyl (C=O) groups excluding carboxylic acids is 2. The van der Waals surface area contributed by atoms with Crippen LogP contribution in [0.4, 0.5) is 5.13 Å². The molecule has 0 radical (unpaired) electrons. The van der Waals surface area contributed by atoms with E-state index in [9.17, 15) is 9.59 Å². The molecule has 23 heavy (non-hydrogen) atoms. The Hall–Kier alpha value is -2.47. The number of carbonyl (C=O) groups is 2. The van der Waals surface area contributed by atoms with E-state index < -0.39 is 0 Å². The summed E-state index contributed by atoms with van der Waals surface area (Å²) in [6.07, 6.45) is 6.85. The van der Waals surface area contributed by atoms with Gasteiger partial charge in [-0.25, -0.2) is 4.98 Å². The van der Waals surface area contributed by atoms with E-state index in [0.29, 0.717) is 5.13 Å². The Kier molecular flexibility index (Phi) is 4.83. The molecule has 1 fully saturated rings. The standard InChI is InChI=1S/C17H17N3O2S/c21-15(19-17-18-10-11-23-17)12-20(14-7-8-14)16(22)9-6-13-4-2-1-3-5-13/h1-6,9-11,14H,7-8,12H2,(H,18,19,21)/b9-6+. The summed E-state index contributed by atoms with van der Waals surface area (Å²) in [5.74, 6) is -0.348. The molecule has 2 amide bonds. The highest BCUT2D eigenvalue weighted by molar-refractivity contribution is 7.13. The van der Waals surface area contributed by atoms with Crippen molar-refractivity contribution in [1.29, 1.82) is 0 Å². The molecule has 3 rings (SSSR count). The van der Waals surface area contributed by atoms with Crippen LogP contribution in [-0.2, 0) is 9.59 Å². The molecule has 0 spiro atoms. The lowest BCUT2D eigenvalue weighted by Gasteiger charge is -2.19. The minimum absolute atomic E-state index is 0.0577. The lowest BCUT2D eigenvalue weighted by atomic mass is 10.2. The number of anilines is 1. The fourth-order valence-electron chi connectivity index (χ4n) is 2.20. The zero-order valence-electron chi connectivity index (χ0n) is 12.5. The number of benzene rings is 1. The Morgan fingerprint density at radius 2 is 2.09 bits per heavy atom. The van der Waals surface area contributed by atoms with Gasteiger partial charge < -0.3 is 10.2 Å². The zero-order valence-corrected chi connectivity index (χ0v) is 13.3. The number of thiazole rings is 1. The first-order valence-corrected chi connectivity index (χ1v) is 8.33. The van der Waals surface area contributed by atoms with Gasteiger partial charge in [0.1, 0.15) is 6.54 Å². The van der Waals surface area contributed by atoms with Crippen LogP contribution >= 0.6 is 11.3 Å². The molecule has 2 aromatic rings. The first-order valence-electron chi connectivity index (χ1n) is 7.45. The Labute approximate surface area is 138 Å². The topological polar surface area (TPSA) is 62.3 Å². The van der Waals surface area contributed by atoms with E-state index >= 15 is 0 Å². The van der Waals surface area contributed by atoms with E-state index in [0.717, 1.165) is 18.4 Å². The quantitative estimate of drug-likeness (QED) is 0.830. The maximum atomic E-state index is 12.4. The molecule has 1 saturated carbocycles. The lowest BCUT2D eigenvalue weighted by Crippen LogP contribution is -2.38. The van der Waals surface area contributed by atoms with Gasteiger partial charge in [-0.3, -0.25) is 9.59 Å². The number of nitrogens with one attached hydrogen (secondary N) is 1. The summed E-state index contributed by atoms with van der Waals surface area (Å²) in [6.45, 7) is 0.0577. The van der Waals surface area contributed by atoms with Gasteiger partial charge in [-0.1, -0.05) is 30.3 Å². The summed E-state index contributed by atoms with van der Waals surface area (Å²) in [5, 5.41) is 5.06. The number of rotatable bonds is 6. The molecule has 0 atom stereocenters. The first-order chi connectivity index (χ1) is 11.2. The highest BCUT2D eigenvalue weighted by Crippen LogP contribution is 2.27. The van der Waals surface area contributed by atoms with E-state index in [2.05, 4.69) is 10.3 Å². The van der Waals surface area contributed by atoms with Crippen LogP contribution in [0.3, 0.4) is 0 Å². The van der Waals surface area contributed by atoms with E-state index in [4.69, 9.17) is 0 Å². The normalized spacial score (nSPS) is 13.9. The summed E-state index contributed by atoms with van der Waals surface area (Å²) in [5.41, 5.74) is 0.962. The molecule has 0 saturated heterocycles. The van der Waals surface area contributed by atoms with Crippen LogP contribution in [0.15, 0.2) is 48.0 Å². The van der Waals surface area contributed by atoms with Crippen LogP contribution in [0.1, 0.15) is 18.4 Å². The molecule has 6 heteroatoms. The third-order valence-electron chi connectivity index (χ3n) is 3.48. The molecule has 1 aliphatic rings. The van der Waals surface area contributed by atoms with Crippen molar-refractivity contribution >= 4 is 34.4 Å². The molecule has 0 bridgehead atoms. The van der Waals surface area contributed by atoms with Gasteiger partial charge in [0.2, 0.25) is 11.8 Å². The van der Waals surface area contributed by atoms with Crippen molar-refractivity contribution in [3.05, 3.63) is 53.5 Å². The van der Waals surface area contributed by atoms with Crippen molar-refractivity contribution in [2.24, 2.45) is 0 Å². The molecule has 5 nitrogen and oxygen atoms in total. The summed E-state index contributed by atoms with van der Waals surface area (Å²) in [7, 11) is 0. The molecule has 1 N–H and O–H groups in total. The highest BCUT2D eigenvalue weighted by Gasteiger charge is 2.32. The maximum Gasteiger partial charge on any atom is 0.247 e. The van der Waals surface area contributed by atoms with Crippen molar-refractivity contribution in [3.63, 3.8) is 0 Å². The Balaban J connectivity index is 1.61. The molecule has 0 aliphatic heterocycles. The highest BCUT2D eigenvalue weighted by atomic mass is 32.1. The summed E-state index contributed by atoms with van der Waals surface area (Å²) in [4.78, 5) is 30.1. The second-order valence-corrected chi connectivity index (χ2v) is 6.22. The monoisotopic (exact) mass is 327 g/mol. The van der Waals surface area contributed by atoms with Gasteiger partial charge in [-0.2, -0.15) is 0 Å². The van der Waals surface area contributed by atoms with Crippen LogP contribution < -0.4 is 5.32 Å². The largest absolute Gasteiger partial charge is 0.327 e. The Morgan fingerprint density at radius 3 is 2.74 bits per heavy atom. The van der Waals surface area contributed by atoms with Crippen molar-refractivity contribution in [2.45, 2.75) is 18.9 Å². The van der Waals surface area contributed by atoms with Crippen molar-refractivity contribution in [2.75, 3.05) is 11.9 Å². The number of hydrogen-bond acceptors (Lipinski definition) is 4. The maximum absolute atomic E-state index is 12.4. The molecule has 1 aromatic heterocycles. The van der Waals surface area contributed by atoms with Crippen LogP contribution in [0.25, 0.3) is 6.08 Å². The summed E-state index contributed by atoms with van der Waals surface area (Å²) in [6, 6.07) is 9.80. The smallest absolute Gasteiger partial charge is 0.247 e. The van der Waals surface area contributed by atoms with Crippen LogP contribution in [0.5, 0.6) is 0 Å². The fraction of sp³-hybridized carbons (Fsp3) is 0.235. The van der Waals surface area contributed by atoms with Gasteiger partial charge in [0.05, 0.1) is 0 Å². The number of aromatic nitrogens is 1. The van der Waals surface area contributed by atoms with Gasteiger partial charge in [-0.15, -0.1) is 11.3 Å². The van der Waals surface area contributed by atoms with Crippen LogP contribution in [0.2, 0.25) is 0 Å². The van der Waals surface area contributed by atoms with Crippen molar-refractivity contribution < 1.29 is 9.59 Å². The number of amides is 2. The Morgan fingerprint density at radius 1 is 1.30 bits per heavy atom. The molecule has 0 unspecified atom stereocenters. The Bertz CT molecular complexity index is 694. The predicted octanol–water partition coefficient (Wildman–Crippen LogP) is 2.79. The van der Waals surface area contributed by atoms with Crippen LogP contribution in [-0.4, -0.2) is 34.3 Å². The second-order valence-electron chi connectivity index (χ2n) is 5.33. The first kappa shape index (κ1) is 15.4. The third kappa shape index (κ3) is 4.50. The van der Waals surface area contributed by atoms with Gasteiger partial charge >= 0.3 is 0 Å². The SMILES string of the molecule is O=C(CN(C(=O)/C=C/c1ccccc1)C1CC1)Nc1nccs1. The summed E-state index contributed by atoms with van der Waals surface area (Å²) >= 11 is 1.36. The van der Waals surface area contributed by atoms with Crippen molar-refractivity contribution in [1.82, 2.24) is 9.88 Å². The molecule has 1 aliphatic carbocycles. The minimum Gasteiger partial charge on any atom is -0.327 e. The number of hydrogen-bond donors (Lipinski definition) is 1. The van der Waals surface area contributed by atoms with Crippen molar-refractivity contribution in [3.8, 4) is 0 Å². The summed E-state index contributed by atoms with van der Waals surface area (Å²) < 4.78 is 0. The number of nitrogens with zero attached hydrogens (tertiary/aromatic N) is 2. The van der Waals surface area contributed by atoms with E-state index in [1.165, 1.54) is 17.4 Å². The average molecular weight is 327 g/mol. The zero-order chi connectivity index (χ0) is 16.1. The van der Waals surface area contributed by atoms with Crippen LogP contribution in [0, 0.1) is 0 Å². The van der Waals surface area contributed by atoms with Gasteiger partial charge in [0, 0.05) is 23.7 Å². The third-order valence-corrected chi connectivity index (χ3v) is 4.17. The average Bonchev–Trinajstić information content (AvgIpc) is 3.28. The lowest BCUT2D eigenvalue weighted by molar-refractivity contribution is -0.131. The minimum atomic E-state index is -0.215. The van der Waals surface area contributed by atoms with E-state index in [-0.39, 0.29) is 24.4 Å². The second kappa shape index (κ2) is 7.19. The molecular weight excluding hydrogens is 310 g/mol.